The topological polar surface area (TPSA) is 75.1 Å². The number of rotatable bonds is 8. The fraction of sp³-hybridized carbons (Fsp3) is 0.611. The van der Waals surface area contributed by atoms with Gasteiger partial charge in [0.1, 0.15) is 12.4 Å². The van der Waals surface area contributed by atoms with E-state index in [1.165, 1.54) is 5.56 Å². The number of aliphatic hydroxyl groups excluding tert-OH is 1. The molecule has 0 amide bonds. The summed E-state index contributed by atoms with van der Waals surface area (Å²) in [6, 6.07) is 8.02. The Hall–Kier alpha value is -1.06. The van der Waals surface area contributed by atoms with Crippen LogP contribution < -0.4 is 15.4 Å². The van der Waals surface area contributed by atoms with Crippen molar-refractivity contribution in [2.24, 2.45) is 10.4 Å². The minimum absolute atomic E-state index is 0. The van der Waals surface area contributed by atoms with Gasteiger partial charge in [0.15, 0.2) is 5.96 Å². The molecule has 1 aliphatic rings. The van der Waals surface area contributed by atoms with E-state index < -0.39 is 0 Å². The third-order valence-corrected chi connectivity index (χ3v) is 4.37. The van der Waals surface area contributed by atoms with Gasteiger partial charge in [-0.2, -0.15) is 0 Å². The van der Waals surface area contributed by atoms with Gasteiger partial charge in [-0.25, -0.2) is 0 Å². The molecule has 1 unspecified atom stereocenters. The Kier molecular flexibility index (Phi) is 10.1. The highest BCUT2D eigenvalue weighted by molar-refractivity contribution is 14.0. The normalized spacial score (nSPS) is 20.0. The van der Waals surface area contributed by atoms with Crippen LogP contribution in [0.15, 0.2) is 29.3 Å². The second-order valence-corrected chi connectivity index (χ2v) is 6.29. The van der Waals surface area contributed by atoms with Crippen molar-refractivity contribution in [3.63, 3.8) is 0 Å². The molecule has 2 rings (SSSR count). The van der Waals surface area contributed by atoms with Crippen LogP contribution in [0.25, 0.3) is 0 Å². The number of hydrogen-bond donors (Lipinski definition) is 3. The maximum Gasteiger partial charge on any atom is 0.191 e. The Morgan fingerprint density at radius 1 is 1.32 bits per heavy atom. The summed E-state index contributed by atoms with van der Waals surface area (Å²) in [5.41, 5.74) is 1.22. The second-order valence-electron chi connectivity index (χ2n) is 6.29. The molecule has 0 saturated carbocycles. The van der Waals surface area contributed by atoms with Crippen molar-refractivity contribution >= 4 is 29.9 Å². The van der Waals surface area contributed by atoms with Gasteiger partial charge < -0.3 is 25.2 Å². The fourth-order valence-corrected chi connectivity index (χ4v) is 2.78. The average molecular weight is 463 g/mol. The van der Waals surface area contributed by atoms with Crippen molar-refractivity contribution in [2.45, 2.75) is 19.8 Å². The van der Waals surface area contributed by atoms with Gasteiger partial charge in [-0.05, 0) is 31.9 Å². The molecule has 0 radical (unpaired) electrons. The minimum Gasteiger partial charge on any atom is -0.492 e. The van der Waals surface area contributed by atoms with Crippen LogP contribution in [0.1, 0.15) is 18.4 Å². The molecular formula is C18H30IN3O3. The van der Waals surface area contributed by atoms with E-state index >= 15 is 0 Å². The molecule has 3 N–H and O–H groups in total. The summed E-state index contributed by atoms with van der Waals surface area (Å²) in [5, 5.41) is 15.8. The van der Waals surface area contributed by atoms with Gasteiger partial charge >= 0.3 is 0 Å². The average Bonchev–Trinajstić information content (AvgIpc) is 3.05. The number of benzene rings is 1. The first-order valence-electron chi connectivity index (χ1n) is 8.50. The van der Waals surface area contributed by atoms with Crippen LogP contribution in [-0.2, 0) is 4.74 Å². The van der Waals surface area contributed by atoms with E-state index in [1.807, 2.05) is 24.3 Å². The molecule has 0 aromatic heterocycles. The van der Waals surface area contributed by atoms with Crippen molar-refractivity contribution in [3.8, 4) is 5.75 Å². The number of hydrogen-bond acceptors (Lipinski definition) is 4. The zero-order valence-corrected chi connectivity index (χ0v) is 17.4. The summed E-state index contributed by atoms with van der Waals surface area (Å²) in [6.45, 7) is 5.66. The van der Waals surface area contributed by atoms with Gasteiger partial charge in [0.25, 0.3) is 0 Å². The predicted molar refractivity (Wildman–Crippen MR) is 111 cm³/mol. The number of aryl methyl sites for hydroxylation is 1. The molecule has 1 aromatic rings. The highest BCUT2D eigenvalue weighted by Gasteiger charge is 2.34. The molecule has 1 heterocycles. The van der Waals surface area contributed by atoms with E-state index in [-0.39, 0.29) is 36.0 Å². The van der Waals surface area contributed by atoms with Gasteiger partial charge in [-0.3, -0.25) is 4.99 Å². The lowest BCUT2D eigenvalue weighted by molar-refractivity contribution is 0.127. The predicted octanol–water partition coefficient (Wildman–Crippen LogP) is 1.95. The Morgan fingerprint density at radius 2 is 2.08 bits per heavy atom. The van der Waals surface area contributed by atoms with E-state index in [9.17, 15) is 5.11 Å². The van der Waals surface area contributed by atoms with Crippen molar-refractivity contribution in [1.82, 2.24) is 10.6 Å². The Morgan fingerprint density at radius 3 is 2.68 bits per heavy atom. The van der Waals surface area contributed by atoms with E-state index in [0.29, 0.717) is 19.8 Å². The first-order chi connectivity index (χ1) is 11.7. The smallest absolute Gasteiger partial charge is 0.191 e. The summed E-state index contributed by atoms with van der Waals surface area (Å²) in [6.07, 6.45) is 1.71. The van der Waals surface area contributed by atoms with E-state index in [4.69, 9.17) is 9.47 Å². The lowest BCUT2D eigenvalue weighted by Crippen LogP contribution is -2.45. The molecular weight excluding hydrogens is 433 g/mol. The summed E-state index contributed by atoms with van der Waals surface area (Å²) in [5.74, 6) is 1.61. The maximum atomic E-state index is 9.27. The third-order valence-electron chi connectivity index (χ3n) is 4.37. The number of nitrogens with zero attached hydrogens (tertiary/aromatic N) is 1. The number of guanidine groups is 1. The second kappa shape index (κ2) is 11.5. The number of halogens is 1. The largest absolute Gasteiger partial charge is 0.492 e. The van der Waals surface area contributed by atoms with Gasteiger partial charge in [0.2, 0.25) is 0 Å². The Balaban J connectivity index is 0.00000312. The number of aliphatic hydroxyl groups is 1. The van der Waals surface area contributed by atoms with Crippen LogP contribution in [0.3, 0.4) is 0 Å². The van der Waals surface area contributed by atoms with E-state index in [1.54, 1.807) is 7.05 Å². The zero-order chi connectivity index (χ0) is 17.3. The zero-order valence-electron chi connectivity index (χ0n) is 15.1. The standard InChI is InChI=1S/C18H29N3O3.HI/c1-15-3-5-16(6-4-15)24-12-9-20-17(19-2)21-13-18(7-10-22)8-11-23-14-18;/h3-6,22H,7-14H2,1-2H3,(H2,19,20,21);1H. The Bertz CT molecular complexity index is 517. The molecule has 1 atom stereocenters. The monoisotopic (exact) mass is 463 g/mol. The summed E-state index contributed by atoms with van der Waals surface area (Å²) < 4.78 is 11.2. The van der Waals surface area contributed by atoms with Crippen molar-refractivity contribution < 1.29 is 14.6 Å². The van der Waals surface area contributed by atoms with E-state index in [0.717, 1.165) is 37.7 Å². The quantitative estimate of drug-likeness (QED) is 0.238. The van der Waals surface area contributed by atoms with Crippen LogP contribution in [0, 0.1) is 12.3 Å². The Labute approximate surface area is 167 Å². The van der Waals surface area contributed by atoms with Crippen molar-refractivity contribution in [1.29, 1.82) is 0 Å². The van der Waals surface area contributed by atoms with E-state index in [2.05, 4.69) is 22.5 Å². The van der Waals surface area contributed by atoms with Gasteiger partial charge in [0.05, 0.1) is 13.2 Å². The number of ether oxygens (including phenoxy) is 2. The maximum absolute atomic E-state index is 9.27. The van der Waals surface area contributed by atoms with Gasteiger partial charge in [-0.15, -0.1) is 24.0 Å². The number of aliphatic imine (C=N–C) groups is 1. The first kappa shape index (κ1) is 22.0. The molecule has 0 aliphatic carbocycles. The third kappa shape index (κ3) is 7.37. The molecule has 142 valence electrons. The molecule has 0 bridgehead atoms. The van der Waals surface area contributed by atoms with Crippen LogP contribution in [-0.4, -0.2) is 57.6 Å². The molecule has 1 fully saturated rings. The van der Waals surface area contributed by atoms with Gasteiger partial charge in [0, 0.05) is 32.2 Å². The summed E-state index contributed by atoms with van der Waals surface area (Å²) in [4.78, 5) is 4.23. The number of nitrogens with one attached hydrogen (secondary N) is 2. The molecule has 25 heavy (non-hydrogen) atoms. The minimum atomic E-state index is 0. The lowest BCUT2D eigenvalue weighted by Gasteiger charge is -2.27. The molecule has 1 aromatic carbocycles. The van der Waals surface area contributed by atoms with Crippen molar-refractivity contribution in [3.05, 3.63) is 29.8 Å². The highest BCUT2D eigenvalue weighted by atomic mass is 127. The van der Waals surface area contributed by atoms with Crippen molar-refractivity contribution in [2.75, 3.05) is 46.6 Å². The summed E-state index contributed by atoms with van der Waals surface area (Å²) in [7, 11) is 1.75. The molecule has 6 nitrogen and oxygen atoms in total. The van der Waals surface area contributed by atoms with Crippen LogP contribution >= 0.6 is 24.0 Å². The SMILES string of the molecule is CN=C(NCCOc1ccc(C)cc1)NCC1(CCO)CCOC1.I. The lowest BCUT2D eigenvalue weighted by atomic mass is 9.84. The molecule has 0 spiro atoms. The van der Waals surface area contributed by atoms with Crippen LogP contribution in [0.5, 0.6) is 5.75 Å². The van der Waals surface area contributed by atoms with Gasteiger partial charge in [-0.1, -0.05) is 17.7 Å². The molecule has 7 heteroatoms. The van der Waals surface area contributed by atoms with Crippen LogP contribution in [0.2, 0.25) is 0 Å². The first-order valence-corrected chi connectivity index (χ1v) is 8.50. The summed E-state index contributed by atoms with van der Waals surface area (Å²) >= 11 is 0. The van der Waals surface area contributed by atoms with Crippen LogP contribution in [0.4, 0.5) is 0 Å². The highest BCUT2D eigenvalue weighted by Crippen LogP contribution is 2.31. The molecule has 1 saturated heterocycles. The molecule has 1 aliphatic heterocycles. The fourth-order valence-electron chi connectivity index (χ4n) is 2.78.